The van der Waals surface area contributed by atoms with Gasteiger partial charge in [-0.15, -0.1) is 0 Å². The van der Waals surface area contributed by atoms with Crippen molar-refractivity contribution in [2.45, 2.75) is 45.2 Å². The van der Waals surface area contributed by atoms with Gasteiger partial charge in [0.1, 0.15) is 12.1 Å². The zero-order valence-corrected chi connectivity index (χ0v) is 13.1. The van der Waals surface area contributed by atoms with Gasteiger partial charge in [-0.25, -0.2) is 0 Å². The first-order valence-electron chi connectivity index (χ1n) is 7.67. The first kappa shape index (κ1) is 15.3. The van der Waals surface area contributed by atoms with Gasteiger partial charge in [0, 0.05) is 6.54 Å². The average Bonchev–Trinajstić information content (AvgIpc) is 3.16. The number of rotatable bonds is 6. The van der Waals surface area contributed by atoms with Crippen molar-refractivity contribution in [1.82, 2.24) is 15.1 Å². The van der Waals surface area contributed by atoms with Gasteiger partial charge in [-0.1, -0.05) is 13.8 Å². The highest BCUT2D eigenvalue weighted by Gasteiger charge is 2.47. The number of carbonyl (C=O) groups is 2. The smallest absolute Gasteiger partial charge is 0.246 e. The van der Waals surface area contributed by atoms with Crippen molar-refractivity contribution in [3.8, 4) is 0 Å². The van der Waals surface area contributed by atoms with Crippen LogP contribution in [0.25, 0.3) is 0 Å². The molecule has 0 aromatic heterocycles. The van der Waals surface area contributed by atoms with Crippen LogP contribution in [0.2, 0.25) is 0 Å². The lowest BCUT2D eigenvalue weighted by atomic mass is 9.95. The summed E-state index contributed by atoms with van der Waals surface area (Å²) in [7, 11) is 4.05. The summed E-state index contributed by atoms with van der Waals surface area (Å²) in [5.41, 5.74) is 0. The Kier molecular flexibility index (Phi) is 4.68. The molecule has 1 aliphatic heterocycles. The molecule has 5 heteroatoms. The Labute approximate surface area is 121 Å². The molecule has 114 valence electrons. The van der Waals surface area contributed by atoms with E-state index in [1.165, 1.54) is 0 Å². The van der Waals surface area contributed by atoms with E-state index in [0.29, 0.717) is 12.5 Å². The predicted octanol–water partition coefficient (Wildman–Crippen LogP) is 0.700. The fraction of sp³-hybridized carbons (Fsp3) is 0.867. The molecule has 0 bridgehead atoms. The fourth-order valence-corrected chi connectivity index (χ4v) is 2.98. The van der Waals surface area contributed by atoms with Crippen molar-refractivity contribution < 1.29 is 9.59 Å². The van der Waals surface area contributed by atoms with Crippen LogP contribution in [0.4, 0.5) is 0 Å². The molecular formula is C15H27N3O2. The molecule has 2 atom stereocenters. The first-order chi connectivity index (χ1) is 9.41. The number of nitrogens with zero attached hydrogens (tertiary/aromatic N) is 2. The summed E-state index contributed by atoms with van der Waals surface area (Å²) in [6, 6.07) is -0.573. The molecular weight excluding hydrogens is 254 g/mol. The molecule has 0 aromatic carbocycles. The maximum Gasteiger partial charge on any atom is 0.246 e. The summed E-state index contributed by atoms with van der Waals surface area (Å²) in [5, 5.41) is 2.95. The summed E-state index contributed by atoms with van der Waals surface area (Å²) in [6.45, 7) is 5.63. The molecule has 1 saturated carbocycles. The zero-order chi connectivity index (χ0) is 14.9. The Morgan fingerprint density at radius 3 is 2.45 bits per heavy atom. The van der Waals surface area contributed by atoms with Crippen LogP contribution in [0.3, 0.4) is 0 Å². The number of piperazine rings is 1. The zero-order valence-electron chi connectivity index (χ0n) is 13.1. The molecule has 20 heavy (non-hydrogen) atoms. The minimum Gasteiger partial charge on any atom is -0.342 e. The summed E-state index contributed by atoms with van der Waals surface area (Å²) in [5.74, 6) is 0.681. The van der Waals surface area contributed by atoms with Crippen LogP contribution >= 0.6 is 0 Å². The largest absolute Gasteiger partial charge is 0.342 e. The van der Waals surface area contributed by atoms with E-state index in [0.717, 1.165) is 25.8 Å². The van der Waals surface area contributed by atoms with Gasteiger partial charge < -0.3 is 15.1 Å². The Balaban J connectivity index is 2.06. The van der Waals surface area contributed by atoms with Crippen LogP contribution < -0.4 is 5.32 Å². The van der Waals surface area contributed by atoms with Gasteiger partial charge in [0.15, 0.2) is 0 Å². The number of nitrogens with one attached hydrogen (secondary N) is 1. The van der Waals surface area contributed by atoms with Crippen molar-refractivity contribution in [2.24, 2.45) is 11.8 Å². The number of amides is 2. The van der Waals surface area contributed by atoms with Crippen molar-refractivity contribution in [2.75, 3.05) is 27.2 Å². The van der Waals surface area contributed by atoms with E-state index in [1.807, 2.05) is 32.8 Å². The molecule has 5 nitrogen and oxygen atoms in total. The molecule has 1 heterocycles. The van der Waals surface area contributed by atoms with E-state index in [4.69, 9.17) is 0 Å². The molecule has 1 N–H and O–H groups in total. The molecule has 2 amide bonds. The Hall–Kier alpha value is -1.10. The SMILES string of the molecule is CC(C)C1C(=O)NC(C2CC2)C(=O)N1CCCN(C)C. The number of hydrogen-bond donors (Lipinski definition) is 1. The third-order valence-corrected chi connectivity index (χ3v) is 4.18. The van der Waals surface area contributed by atoms with E-state index in [1.54, 1.807) is 0 Å². The molecule has 2 rings (SSSR count). The maximum atomic E-state index is 12.6. The van der Waals surface area contributed by atoms with Crippen LogP contribution in [-0.4, -0.2) is 60.9 Å². The second-order valence-electron chi connectivity index (χ2n) is 6.70. The molecule has 0 aromatic rings. The lowest BCUT2D eigenvalue weighted by molar-refractivity contribution is -0.151. The van der Waals surface area contributed by atoms with Crippen LogP contribution in [0.5, 0.6) is 0 Å². The average molecular weight is 281 g/mol. The van der Waals surface area contributed by atoms with Gasteiger partial charge in [-0.3, -0.25) is 9.59 Å². The fourth-order valence-electron chi connectivity index (χ4n) is 2.98. The standard InChI is InChI=1S/C15H27N3O2/c1-10(2)13-14(19)16-12(11-6-7-11)15(20)18(13)9-5-8-17(3)4/h10-13H,5-9H2,1-4H3,(H,16,19). The lowest BCUT2D eigenvalue weighted by Gasteiger charge is -2.41. The Morgan fingerprint density at radius 2 is 1.95 bits per heavy atom. The van der Waals surface area contributed by atoms with Gasteiger partial charge in [0.05, 0.1) is 0 Å². The quantitative estimate of drug-likeness (QED) is 0.780. The minimum atomic E-state index is -0.306. The summed E-state index contributed by atoms with van der Waals surface area (Å²) in [4.78, 5) is 28.9. The topological polar surface area (TPSA) is 52.7 Å². The number of hydrogen-bond acceptors (Lipinski definition) is 3. The predicted molar refractivity (Wildman–Crippen MR) is 78.2 cm³/mol. The molecule has 2 fully saturated rings. The highest BCUT2D eigenvalue weighted by molar-refractivity contribution is 5.97. The summed E-state index contributed by atoms with van der Waals surface area (Å²) < 4.78 is 0. The van der Waals surface area contributed by atoms with Crippen molar-refractivity contribution in [3.05, 3.63) is 0 Å². The highest BCUT2D eigenvalue weighted by Crippen LogP contribution is 2.35. The molecule has 1 saturated heterocycles. The van der Waals surface area contributed by atoms with Crippen LogP contribution in [0, 0.1) is 11.8 Å². The van der Waals surface area contributed by atoms with E-state index in [-0.39, 0.29) is 29.8 Å². The third-order valence-electron chi connectivity index (χ3n) is 4.18. The molecule has 2 unspecified atom stereocenters. The Morgan fingerprint density at radius 1 is 1.30 bits per heavy atom. The molecule has 0 spiro atoms. The van der Waals surface area contributed by atoms with Crippen molar-refractivity contribution in [1.29, 1.82) is 0 Å². The Bertz CT molecular complexity index is 377. The second kappa shape index (κ2) is 6.12. The first-order valence-corrected chi connectivity index (χ1v) is 7.67. The monoisotopic (exact) mass is 281 g/mol. The van der Waals surface area contributed by atoms with Crippen molar-refractivity contribution >= 4 is 11.8 Å². The molecule has 2 aliphatic rings. The van der Waals surface area contributed by atoms with E-state index >= 15 is 0 Å². The summed E-state index contributed by atoms with van der Waals surface area (Å²) >= 11 is 0. The summed E-state index contributed by atoms with van der Waals surface area (Å²) in [6.07, 6.45) is 3.04. The van der Waals surface area contributed by atoms with Gasteiger partial charge >= 0.3 is 0 Å². The van der Waals surface area contributed by atoms with Crippen LogP contribution in [0.15, 0.2) is 0 Å². The van der Waals surface area contributed by atoms with Crippen LogP contribution in [-0.2, 0) is 9.59 Å². The number of carbonyl (C=O) groups excluding carboxylic acids is 2. The van der Waals surface area contributed by atoms with E-state index in [2.05, 4.69) is 10.2 Å². The van der Waals surface area contributed by atoms with Gasteiger partial charge in [0.25, 0.3) is 0 Å². The third kappa shape index (κ3) is 3.32. The highest BCUT2D eigenvalue weighted by atomic mass is 16.2. The second-order valence-corrected chi connectivity index (χ2v) is 6.70. The van der Waals surface area contributed by atoms with Gasteiger partial charge in [-0.05, 0) is 51.7 Å². The maximum absolute atomic E-state index is 12.6. The lowest BCUT2D eigenvalue weighted by Crippen LogP contribution is -2.65. The van der Waals surface area contributed by atoms with Crippen LogP contribution in [0.1, 0.15) is 33.1 Å². The van der Waals surface area contributed by atoms with Crippen molar-refractivity contribution in [3.63, 3.8) is 0 Å². The minimum absolute atomic E-state index is 0.0290. The molecule has 1 aliphatic carbocycles. The van der Waals surface area contributed by atoms with Gasteiger partial charge in [-0.2, -0.15) is 0 Å². The normalized spacial score (nSPS) is 27.4. The van der Waals surface area contributed by atoms with E-state index in [9.17, 15) is 9.59 Å². The molecule has 0 radical (unpaired) electrons. The van der Waals surface area contributed by atoms with E-state index < -0.39 is 0 Å². The van der Waals surface area contributed by atoms with Gasteiger partial charge in [0.2, 0.25) is 11.8 Å².